The van der Waals surface area contributed by atoms with Gasteiger partial charge in [0.15, 0.2) is 17.7 Å². The van der Waals surface area contributed by atoms with Gasteiger partial charge in [0.2, 0.25) is 0 Å². The largest absolute Gasteiger partial charge is 0.478 e. The van der Waals surface area contributed by atoms with Gasteiger partial charge in [-0.1, -0.05) is 12.1 Å². The lowest BCUT2D eigenvalue weighted by Gasteiger charge is -2.29. The van der Waals surface area contributed by atoms with Crippen LogP contribution in [0.3, 0.4) is 0 Å². The SMILES string of the molecule is CC(Oc1ccccc1F)C(=O)N1CCNCC1. The summed E-state index contributed by atoms with van der Waals surface area (Å²) in [6.45, 7) is 4.57. The van der Waals surface area contributed by atoms with Gasteiger partial charge >= 0.3 is 0 Å². The third-order valence-electron chi connectivity index (χ3n) is 2.92. The zero-order valence-corrected chi connectivity index (χ0v) is 10.4. The summed E-state index contributed by atoms with van der Waals surface area (Å²) in [7, 11) is 0. The normalized spacial score (nSPS) is 17.3. The van der Waals surface area contributed by atoms with Crippen molar-refractivity contribution in [1.29, 1.82) is 0 Å². The summed E-state index contributed by atoms with van der Waals surface area (Å²) in [5, 5.41) is 3.17. The number of para-hydroxylation sites is 1. The third kappa shape index (κ3) is 2.98. The van der Waals surface area contributed by atoms with Crippen LogP contribution in [-0.4, -0.2) is 43.1 Å². The number of piperazine rings is 1. The van der Waals surface area contributed by atoms with Crippen molar-refractivity contribution in [3.05, 3.63) is 30.1 Å². The van der Waals surface area contributed by atoms with Crippen LogP contribution >= 0.6 is 0 Å². The molecule has 1 fully saturated rings. The van der Waals surface area contributed by atoms with E-state index in [-0.39, 0.29) is 11.7 Å². The molecule has 2 rings (SSSR count). The van der Waals surface area contributed by atoms with E-state index in [4.69, 9.17) is 4.74 Å². The van der Waals surface area contributed by atoms with E-state index in [9.17, 15) is 9.18 Å². The smallest absolute Gasteiger partial charge is 0.263 e. The van der Waals surface area contributed by atoms with Crippen molar-refractivity contribution in [2.24, 2.45) is 0 Å². The Morgan fingerprint density at radius 2 is 2.06 bits per heavy atom. The second-order valence-electron chi connectivity index (χ2n) is 4.27. The predicted molar refractivity (Wildman–Crippen MR) is 65.9 cm³/mol. The Morgan fingerprint density at radius 1 is 1.39 bits per heavy atom. The lowest BCUT2D eigenvalue weighted by atomic mass is 10.2. The minimum absolute atomic E-state index is 0.0975. The van der Waals surface area contributed by atoms with Gasteiger partial charge in [-0.2, -0.15) is 0 Å². The highest BCUT2D eigenvalue weighted by atomic mass is 19.1. The number of nitrogens with zero attached hydrogens (tertiary/aromatic N) is 1. The molecule has 0 bridgehead atoms. The summed E-state index contributed by atoms with van der Waals surface area (Å²) in [6.07, 6.45) is -0.667. The molecule has 18 heavy (non-hydrogen) atoms. The van der Waals surface area contributed by atoms with Crippen LogP contribution in [0.5, 0.6) is 5.75 Å². The number of rotatable bonds is 3. The Morgan fingerprint density at radius 3 is 2.72 bits per heavy atom. The fourth-order valence-electron chi connectivity index (χ4n) is 1.92. The second-order valence-corrected chi connectivity index (χ2v) is 4.27. The third-order valence-corrected chi connectivity index (χ3v) is 2.92. The number of hydrogen-bond acceptors (Lipinski definition) is 3. The molecule has 1 heterocycles. The first-order chi connectivity index (χ1) is 8.68. The Kier molecular flexibility index (Phi) is 4.15. The number of carbonyl (C=O) groups excluding carboxylic acids is 1. The van der Waals surface area contributed by atoms with Crippen LogP contribution in [0.25, 0.3) is 0 Å². The van der Waals surface area contributed by atoms with Crippen LogP contribution in [0.1, 0.15) is 6.92 Å². The molecule has 1 aliphatic rings. The Balaban J connectivity index is 1.96. The molecule has 5 heteroatoms. The fraction of sp³-hybridized carbons (Fsp3) is 0.462. The first-order valence-electron chi connectivity index (χ1n) is 6.09. The Labute approximate surface area is 106 Å². The van der Waals surface area contributed by atoms with E-state index in [0.29, 0.717) is 13.1 Å². The summed E-state index contributed by atoms with van der Waals surface area (Å²) < 4.78 is 18.8. The van der Waals surface area contributed by atoms with E-state index in [1.807, 2.05) is 0 Å². The topological polar surface area (TPSA) is 41.6 Å². The number of amides is 1. The minimum atomic E-state index is -0.667. The maximum absolute atomic E-state index is 13.4. The first kappa shape index (κ1) is 12.8. The zero-order valence-electron chi connectivity index (χ0n) is 10.4. The van der Waals surface area contributed by atoms with Gasteiger partial charge in [-0.3, -0.25) is 4.79 Å². The molecule has 1 saturated heterocycles. The van der Waals surface area contributed by atoms with Gasteiger partial charge in [-0.15, -0.1) is 0 Å². The van der Waals surface area contributed by atoms with E-state index in [1.54, 1.807) is 24.0 Å². The zero-order chi connectivity index (χ0) is 13.0. The van der Waals surface area contributed by atoms with Crippen LogP contribution < -0.4 is 10.1 Å². The molecule has 1 aromatic carbocycles. The predicted octanol–water partition coefficient (Wildman–Crippen LogP) is 1.02. The van der Waals surface area contributed by atoms with Crippen molar-refractivity contribution in [3.8, 4) is 5.75 Å². The van der Waals surface area contributed by atoms with E-state index in [1.165, 1.54) is 12.1 Å². The Bertz CT molecular complexity index is 419. The maximum Gasteiger partial charge on any atom is 0.263 e. The number of ether oxygens (including phenoxy) is 1. The molecular formula is C13H17FN2O2. The number of carbonyl (C=O) groups is 1. The van der Waals surface area contributed by atoms with E-state index in [2.05, 4.69) is 5.32 Å². The van der Waals surface area contributed by atoms with Crippen molar-refractivity contribution in [2.75, 3.05) is 26.2 Å². The molecule has 0 spiro atoms. The highest BCUT2D eigenvalue weighted by molar-refractivity contribution is 5.81. The first-order valence-corrected chi connectivity index (χ1v) is 6.09. The number of benzene rings is 1. The molecule has 98 valence electrons. The molecule has 1 aliphatic heterocycles. The number of nitrogens with one attached hydrogen (secondary N) is 1. The second kappa shape index (κ2) is 5.82. The van der Waals surface area contributed by atoms with Crippen LogP contribution in [0, 0.1) is 5.82 Å². The summed E-state index contributed by atoms with van der Waals surface area (Å²) in [4.78, 5) is 13.8. The number of hydrogen-bond donors (Lipinski definition) is 1. The average molecular weight is 252 g/mol. The summed E-state index contributed by atoms with van der Waals surface area (Å²) in [6, 6.07) is 6.11. The van der Waals surface area contributed by atoms with Gasteiger partial charge < -0.3 is 15.0 Å². The molecule has 1 N–H and O–H groups in total. The molecule has 0 saturated carbocycles. The van der Waals surface area contributed by atoms with Gasteiger partial charge in [-0.05, 0) is 19.1 Å². The van der Waals surface area contributed by atoms with Crippen molar-refractivity contribution >= 4 is 5.91 Å². The van der Waals surface area contributed by atoms with E-state index < -0.39 is 11.9 Å². The summed E-state index contributed by atoms with van der Waals surface area (Å²) >= 11 is 0. The molecule has 1 unspecified atom stereocenters. The van der Waals surface area contributed by atoms with Gasteiger partial charge in [0, 0.05) is 26.2 Å². The highest BCUT2D eigenvalue weighted by Gasteiger charge is 2.23. The van der Waals surface area contributed by atoms with Crippen LogP contribution in [0.15, 0.2) is 24.3 Å². The minimum Gasteiger partial charge on any atom is -0.478 e. The van der Waals surface area contributed by atoms with Crippen LogP contribution in [0.2, 0.25) is 0 Å². The van der Waals surface area contributed by atoms with Crippen molar-refractivity contribution < 1.29 is 13.9 Å². The van der Waals surface area contributed by atoms with Crippen molar-refractivity contribution in [1.82, 2.24) is 10.2 Å². The molecule has 0 radical (unpaired) electrons. The molecule has 1 atom stereocenters. The standard InChI is InChI=1S/C13H17FN2O2/c1-10(13(17)16-8-6-15-7-9-16)18-12-5-3-2-4-11(12)14/h2-5,10,15H,6-9H2,1H3. The van der Waals surface area contributed by atoms with Gasteiger partial charge in [0.25, 0.3) is 5.91 Å². The van der Waals surface area contributed by atoms with Gasteiger partial charge in [0.05, 0.1) is 0 Å². The monoisotopic (exact) mass is 252 g/mol. The maximum atomic E-state index is 13.4. The molecule has 1 amide bonds. The fourth-order valence-corrected chi connectivity index (χ4v) is 1.92. The molecule has 0 aliphatic carbocycles. The molecule has 0 aromatic heterocycles. The average Bonchev–Trinajstić information content (AvgIpc) is 2.41. The van der Waals surface area contributed by atoms with E-state index >= 15 is 0 Å². The van der Waals surface area contributed by atoms with Crippen molar-refractivity contribution in [2.45, 2.75) is 13.0 Å². The molecular weight excluding hydrogens is 235 g/mol. The van der Waals surface area contributed by atoms with Gasteiger partial charge in [0.1, 0.15) is 0 Å². The highest BCUT2D eigenvalue weighted by Crippen LogP contribution is 2.17. The quantitative estimate of drug-likeness (QED) is 0.873. The lowest BCUT2D eigenvalue weighted by molar-refractivity contribution is -0.138. The van der Waals surface area contributed by atoms with E-state index in [0.717, 1.165) is 13.1 Å². The Hall–Kier alpha value is -1.62. The molecule has 1 aromatic rings. The van der Waals surface area contributed by atoms with Gasteiger partial charge in [-0.25, -0.2) is 4.39 Å². The van der Waals surface area contributed by atoms with Crippen LogP contribution in [-0.2, 0) is 4.79 Å². The van der Waals surface area contributed by atoms with Crippen LogP contribution in [0.4, 0.5) is 4.39 Å². The number of halogens is 1. The molecule has 4 nitrogen and oxygen atoms in total. The summed E-state index contributed by atoms with van der Waals surface area (Å²) in [5.41, 5.74) is 0. The summed E-state index contributed by atoms with van der Waals surface area (Å²) in [5.74, 6) is -0.425. The lowest BCUT2D eigenvalue weighted by Crippen LogP contribution is -2.50. The van der Waals surface area contributed by atoms with Crippen molar-refractivity contribution in [3.63, 3.8) is 0 Å².